The summed E-state index contributed by atoms with van der Waals surface area (Å²) in [4.78, 5) is 21.6. The monoisotopic (exact) mass is 327 g/mol. The van der Waals surface area contributed by atoms with Gasteiger partial charge in [-0.15, -0.1) is 0 Å². The largest absolute Gasteiger partial charge is 0.423 e. The fourth-order valence-electron chi connectivity index (χ4n) is 3.96. The molecule has 5 heteroatoms. The van der Waals surface area contributed by atoms with Crippen molar-refractivity contribution < 1.29 is 9.21 Å². The Bertz CT molecular complexity index is 685. The molecule has 1 aromatic carbocycles. The predicted molar refractivity (Wildman–Crippen MR) is 93.9 cm³/mol. The minimum atomic E-state index is 0.163. The molecule has 0 aliphatic carbocycles. The quantitative estimate of drug-likeness (QED) is 0.849. The number of hydrogen-bond donors (Lipinski definition) is 0. The fraction of sp³-hybridized carbons (Fsp3) is 0.579. The number of likely N-dealkylation sites (tertiary alicyclic amines) is 1. The molecule has 0 bridgehead atoms. The lowest BCUT2D eigenvalue weighted by Crippen LogP contribution is -2.46. The number of para-hydroxylation sites is 2. The van der Waals surface area contributed by atoms with E-state index in [1.54, 1.807) is 0 Å². The molecule has 2 aliphatic rings. The molecule has 0 unspecified atom stereocenters. The number of oxazole rings is 1. The van der Waals surface area contributed by atoms with E-state index in [2.05, 4.69) is 21.7 Å². The minimum absolute atomic E-state index is 0.163. The van der Waals surface area contributed by atoms with Gasteiger partial charge in [-0.1, -0.05) is 19.1 Å². The van der Waals surface area contributed by atoms with Gasteiger partial charge in [-0.3, -0.25) is 4.79 Å². The number of nitrogens with zero attached hydrogens (tertiary/aromatic N) is 3. The lowest BCUT2D eigenvalue weighted by molar-refractivity contribution is -0.137. The van der Waals surface area contributed by atoms with E-state index in [4.69, 9.17) is 4.42 Å². The zero-order valence-electron chi connectivity index (χ0n) is 14.3. The van der Waals surface area contributed by atoms with Crippen LogP contribution in [0.15, 0.2) is 28.7 Å². The van der Waals surface area contributed by atoms with Crippen LogP contribution in [-0.4, -0.2) is 42.0 Å². The Kier molecular flexibility index (Phi) is 4.17. The van der Waals surface area contributed by atoms with Crippen molar-refractivity contribution in [1.29, 1.82) is 0 Å². The van der Waals surface area contributed by atoms with Crippen LogP contribution in [-0.2, 0) is 4.79 Å². The summed E-state index contributed by atoms with van der Waals surface area (Å²) in [6.07, 6.45) is 4.18. The molecule has 0 N–H and O–H groups in total. The van der Waals surface area contributed by atoms with Gasteiger partial charge in [0.05, 0.1) is 0 Å². The Morgan fingerprint density at radius 1 is 1.17 bits per heavy atom. The smallest absolute Gasteiger partial charge is 0.298 e. The molecule has 0 spiro atoms. The molecule has 2 saturated heterocycles. The summed E-state index contributed by atoms with van der Waals surface area (Å²) in [5.41, 5.74) is 1.72. The maximum atomic E-state index is 12.8. The van der Waals surface area contributed by atoms with Crippen molar-refractivity contribution in [3.8, 4) is 0 Å². The summed E-state index contributed by atoms with van der Waals surface area (Å²) in [5.74, 6) is 1.16. The Balaban J connectivity index is 1.38. The van der Waals surface area contributed by atoms with Crippen molar-refractivity contribution in [2.24, 2.45) is 11.8 Å². The summed E-state index contributed by atoms with van der Waals surface area (Å²) in [6.45, 7) is 5.80. The third-order valence-electron chi connectivity index (χ3n) is 5.37. The predicted octanol–water partition coefficient (Wildman–Crippen LogP) is 3.30. The topological polar surface area (TPSA) is 49.6 Å². The van der Waals surface area contributed by atoms with Gasteiger partial charge in [0.15, 0.2) is 5.58 Å². The van der Waals surface area contributed by atoms with E-state index < -0.39 is 0 Å². The highest BCUT2D eigenvalue weighted by Crippen LogP contribution is 2.28. The number of benzene rings is 1. The standard InChI is InChI=1S/C19H25N3O2/c1-14-5-4-10-22(13-14)18(23)15-8-11-21(12-9-15)19-20-16-6-2-3-7-17(16)24-19/h2-3,6-7,14-15H,4-5,8-13H2,1H3/t14-/m1/s1. The maximum Gasteiger partial charge on any atom is 0.298 e. The Morgan fingerprint density at radius 2 is 1.96 bits per heavy atom. The van der Waals surface area contributed by atoms with Gasteiger partial charge in [0.1, 0.15) is 5.52 Å². The zero-order chi connectivity index (χ0) is 16.5. The van der Waals surface area contributed by atoms with Crippen molar-refractivity contribution in [3.63, 3.8) is 0 Å². The van der Waals surface area contributed by atoms with Gasteiger partial charge in [-0.2, -0.15) is 4.98 Å². The number of piperidine rings is 2. The van der Waals surface area contributed by atoms with E-state index in [1.807, 2.05) is 24.3 Å². The molecular formula is C19H25N3O2. The second kappa shape index (κ2) is 6.46. The van der Waals surface area contributed by atoms with Crippen LogP contribution in [0.3, 0.4) is 0 Å². The number of carbonyl (C=O) groups is 1. The minimum Gasteiger partial charge on any atom is -0.423 e. The Labute approximate surface area is 142 Å². The number of fused-ring (bicyclic) bond motifs is 1. The van der Waals surface area contributed by atoms with Crippen LogP contribution in [0.1, 0.15) is 32.6 Å². The number of anilines is 1. The van der Waals surface area contributed by atoms with E-state index >= 15 is 0 Å². The second-order valence-corrected chi connectivity index (χ2v) is 7.26. The molecule has 5 nitrogen and oxygen atoms in total. The molecule has 128 valence electrons. The zero-order valence-corrected chi connectivity index (χ0v) is 14.3. The number of hydrogen-bond acceptors (Lipinski definition) is 4. The normalized spacial score (nSPS) is 23.0. The number of carbonyl (C=O) groups excluding carboxylic acids is 1. The number of rotatable bonds is 2. The molecule has 2 fully saturated rings. The molecule has 3 heterocycles. The average Bonchev–Trinajstić information content (AvgIpc) is 3.05. The summed E-state index contributed by atoms with van der Waals surface area (Å²) in [5, 5.41) is 0. The number of amides is 1. The summed E-state index contributed by atoms with van der Waals surface area (Å²) < 4.78 is 5.85. The molecule has 1 atom stereocenters. The first kappa shape index (κ1) is 15.5. The van der Waals surface area contributed by atoms with Gasteiger partial charge in [-0.05, 0) is 43.7 Å². The van der Waals surface area contributed by atoms with Crippen LogP contribution < -0.4 is 4.90 Å². The summed E-state index contributed by atoms with van der Waals surface area (Å²) >= 11 is 0. The van der Waals surface area contributed by atoms with E-state index in [-0.39, 0.29) is 5.92 Å². The van der Waals surface area contributed by atoms with Gasteiger partial charge in [-0.25, -0.2) is 0 Å². The van der Waals surface area contributed by atoms with Gasteiger partial charge in [0.25, 0.3) is 6.01 Å². The van der Waals surface area contributed by atoms with Crippen molar-refractivity contribution in [3.05, 3.63) is 24.3 Å². The Hall–Kier alpha value is -2.04. The molecule has 2 aliphatic heterocycles. The lowest BCUT2D eigenvalue weighted by atomic mass is 9.93. The third-order valence-corrected chi connectivity index (χ3v) is 5.37. The molecule has 0 saturated carbocycles. The first-order chi connectivity index (χ1) is 11.7. The van der Waals surface area contributed by atoms with E-state index in [0.717, 1.165) is 56.5 Å². The van der Waals surface area contributed by atoms with E-state index in [1.165, 1.54) is 6.42 Å². The molecule has 1 aromatic heterocycles. The van der Waals surface area contributed by atoms with Crippen LogP contribution in [0.4, 0.5) is 6.01 Å². The highest BCUT2D eigenvalue weighted by Gasteiger charge is 2.31. The third kappa shape index (κ3) is 2.99. The highest BCUT2D eigenvalue weighted by atomic mass is 16.4. The average molecular weight is 327 g/mol. The molecule has 0 radical (unpaired) electrons. The second-order valence-electron chi connectivity index (χ2n) is 7.26. The van der Waals surface area contributed by atoms with E-state index in [9.17, 15) is 4.79 Å². The SMILES string of the molecule is C[C@@H]1CCCN(C(=O)C2CCN(c3nc4ccccc4o3)CC2)C1. The van der Waals surface area contributed by atoms with Gasteiger partial charge in [0.2, 0.25) is 5.91 Å². The van der Waals surface area contributed by atoms with Crippen molar-refractivity contribution >= 4 is 23.0 Å². The van der Waals surface area contributed by atoms with Gasteiger partial charge < -0.3 is 14.2 Å². The molecule has 1 amide bonds. The molecule has 4 rings (SSSR count). The lowest BCUT2D eigenvalue weighted by Gasteiger charge is -2.36. The van der Waals surface area contributed by atoms with E-state index in [0.29, 0.717) is 17.8 Å². The van der Waals surface area contributed by atoms with Crippen LogP contribution in [0.5, 0.6) is 0 Å². The van der Waals surface area contributed by atoms with Crippen LogP contribution >= 0.6 is 0 Å². The molecule has 24 heavy (non-hydrogen) atoms. The summed E-state index contributed by atoms with van der Waals surface area (Å²) in [7, 11) is 0. The summed E-state index contributed by atoms with van der Waals surface area (Å²) in [6, 6.07) is 8.53. The fourth-order valence-corrected chi connectivity index (χ4v) is 3.96. The first-order valence-electron chi connectivity index (χ1n) is 9.10. The van der Waals surface area contributed by atoms with Gasteiger partial charge in [0, 0.05) is 32.1 Å². The Morgan fingerprint density at radius 3 is 2.71 bits per heavy atom. The first-order valence-corrected chi connectivity index (χ1v) is 9.10. The molecular weight excluding hydrogens is 302 g/mol. The van der Waals surface area contributed by atoms with Crippen molar-refractivity contribution in [2.75, 3.05) is 31.1 Å². The number of aromatic nitrogens is 1. The van der Waals surface area contributed by atoms with Gasteiger partial charge >= 0.3 is 0 Å². The van der Waals surface area contributed by atoms with Crippen LogP contribution in [0, 0.1) is 11.8 Å². The van der Waals surface area contributed by atoms with Crippen LogP contribution in [0.25, 0.3) is 11.1 Å². The maximum absolute atomic E-state index is 12.8. The van der Waals surface area contributed by atoms with Crippen molar-refractivity contribution in [2.45, 2.75) is 32.6 Å². The van der Waals surface area contributed by atoms with Crippen LogP contribution in [0.2, 0.25) is 0 Å². The molecule has 2 aromatic rings. The van der Waals surface area contributed by atoms with Crippen molar-refractivity contribution in [1.82, 2.24) is 9.88 Å². The highest BCUT2D eigenvalue weighted by molar-refractivity contribution is 5.79.